The van der Waals surface area contributed by atoms with Crippen molar-refractivity contribution in [2.24, 2.45) is 0 Å². The number of aromatic nitrogens is 2. The minimum absolute atomic E-state index is 0.136. The highest BCUT2D eigenvalue weighted by molar-refractivity contribution is 9.10. The second-order valence-corrected chi connectivity index (χ2v) is 10.7. The molecule has 0 radical (unpaired) electrons. The van der Waals surface area contributed by atoms with Crippen molar-refractivity contribution >= 4 is 32.8 Å². The van der Waals surface area contributed by atoms with Crippen molar-refractivity contribution in [3.8, 4) is 0 Å². The zero-order chi connectivity index (χ0) is 23.1. The fourth-order valence-electron chi connectivity index (χ4n) is 6.11. The molecule has 2 aliphatic carbocycles. The molecule has 0 bridgehead atoms. The molecule has 1 saturated carbocycles. The van der Waals surface area contributed by atoms with Gasteiger partial charge in [0, 0.05) is 34.5 Å². The number of hydrogen-bond donors (Lipinski definition) is 0. The molecule has 2 heterocycles. The smallest absolute Gasteiger partial charge is 0.283 e. The van der Waals surface area contributed by atoms with Crippen LogP contribution in [0.3, 0.4) is 0 Å². The minimum atomic E-state index is -0.136. The maximum Gasteiger partial charge on any atom is 0.283 e. The number of halogens is 1. The Morgan fingerprint density at radius 1 is 1.21 bits per heavy atom. The molecular weight excluding hydrogens is 476 g/mol. The molecule has 0 spiro atoms. The second-order valence-electron chi connectivity index (χ2n) is 9.81. The van der Waals surface area contributed by atoms with Gasteiger partial charge in [-0.05, 0) is 73.2 Å². The first-order valence-corrected chi connectivity index (χ1v) is 13.5. The molecule has 1 fully saturated rings. The Kier molecular flexibility index (Phi) is 6.39. The number of rotatable bonds is 7. The summed E-state index contributed by atoms with van der Waals surface area (Å²) in [5.41, 5.74) is 3.51. The third-order valence-corrected chi connectivity index (χ3v) is 8.26. The highest BCUT2D eigenvalue weighted by Crippen LogP contribution is 2.47. The summed E-state index contributed by atoms with van der Waals surface area (Å²) in [7, 11) is 0. The fourth-order valence-corrected chi connectivity index (χ4v) is 6.63. The molecule has 6 heteroatoms. The van der Waals surface area contributed by atoms with Crippen molar-refractivity contribution in [2.75, 3.05) is 11.4 Å². The van der Waals surface area contributed by atoms with Gasteiger partial charge in [0.25, 0.3) is 5.56 Å². The summed E-state index contributed by atoms with van der Waals surface area (Å²) in [6, 6.07) is 7.19. The number of fused-ring (bicyclic) bond motifs is 5. The van der Waals surface area contributed by atoms with Crippen LogP contribution < -0.4 is 10.5 Å². The summed E-state index contributed by atoms with van der Waals surface area (Å²) in [5, 5.41) is 0.688. The van der Waals surface area contributed by atoms with E-state index >= 15 is 0 Å². The van der Waals surface area contributed by atoms with Gasteiger partial charge in [0.2, 0.25) is 5.95 Å². The first-order valence-electron chi connectivity index (χ1n) is 12.7. The highest BCUT2D eigenvalue weighted by atomic mass is 79.9. The van der Waals surface area contributed by atoms with Crippen molar-refractivity contribution in [3.63, 3.8) is 0 Å². The van der Waals surface area contributed by atoms with Crippen molar-refractivity contribution in [1.29, 1.82) is 0 Å². The molecule has 0 amide bonds. The van der Waals surface area contributed by atoms with Crippen LogP contribution in [0.1, 0.15) is 78.2 Å². The van der Waals surface area contributed by atoms with Gasteiger partial charge in [-0.1, -0.05) is 45.3 Å². The van der Waals surface area contributed by atoms with E-state index in [1.165, 1.54) is 49.9 Å². The van der Waals surface area contributed by atoms with Gasteiger partial charge in [0.1, 0.15) is 0 Å². The van der Waals surface area contributed by atoms with Crippen LogP contribution in [0.25, 0.3) is 10.9 Å². The summed E-state index contributed by atoms with van der Waals surface area (Å²) in [5.74, 6) is 0.840. The molecule has 1 aromatic heterocycles. The van der Waals surface area contributed by atoms with Gasteiger partial charge in [0.05, 0.1) is 16.9 Å². The minimum Gasteiger partial charge on any atom is -0.369 e. The van der Waals surface area contributed by atoms with Gasteiger partial charge in [-0.2, -0.15) is 4.98 Å². The topological polar surface area (TPSA) is 41.4 Å². The van der Waals surface area contributed by atoms with E-state index < -0.39 is 0 Å². The first kappa shape index (κ1) is 22.7. The fraction of sp³-hybridized carbons (Fsp3) is 0.556. The molecule has 0 N–H and O–H groups in total. The van der Waals surface area contributed by atoms with Crippen LogP contribution in [-0.2, 0) is 0 Å². The number of nitrogens with zero attached hydrogens (tertiary/aromatic N) is 4. The summed E-state index contributed by atoms with van der Waals surface area (Å²) in [6.45, 7) is 7.96. The molecule has 176 valence electrons. The average molecular weight is 512 g/mol. The highest BCUT2D eigenvalue weighted by Gasteiger charge is 2.41. The van der Waals surface area contributed by atoms with Crippen LogP contribution in [0.2, 0.25) is 0 Å². The van der Waals surface area contributed by atoms with E-state index in [0.29, 0.717) is 17.5 Å². The van der Waals surface area contributed by atoms with E-state index in [1.807, 2.05) is 12.1 Å². The SMILES string of the molecule is CCCC(C)N(CCC)C1=CCC2C(=C1)N(C1CCCC1)c1nc(=O)c3c(Br)cccc3n12. The van der Waals surface area contributed by atoms with Crippen LogP contribution >= 0.6 is 15.9 Å². The van der Waals surface area contributed by atoms with E-state index in [9.17, 15) is 4.79 Å². The quantitative estimate of drug-likeness (QED) is 0.424. The second kappa shape index (κ2) is 9.28. The zero-order valence-electron chi connectivity index (χ0n) is 20.1. The lowest BCUT2D eigenvalue weighted by atomic mass is 9.99. The van der Waals surface area contributed by atoms with Crippen molar-refractivity contribution in [1.82, 2.24) is 14.5 Å². The Balaban J connectivity index is 1.65. The molecular formula is C27H35BrN4O. The predicted octanol–water partition coefficient (Wildman–Crippen LogP) is 6.53. The molecule has 33 heavy (non-hydrogen) atoms. The number of benzene rings is 1. The lowest BCUT2D eigenvalue weighted by molar-refractivity contribution is 0.259. The Labute approximate surface area is 205 Å². The van der Waals surface area contributed by atoms with Crippen LogP contribution in [0.15, 0.2) is 51.0 Å². The summed E-state index contributed by atoms with van der Waals surface area (Å²) < 4.78 is 3.16. The first-order chi connectivity index (χ1) is 16.0. The maximum atomic E-state index is 13.1. The van der Waals surface area contributed by atoms with Crippen molar-refractivity contribution < 1.29 is 0 Å². The molecule has 1 aromatic carbocycles. The number of hydrogen-bond acceptors (Lipinski definition) is 4. The van der Waals surface area contributed by atoms with Crippen LogP contribution in [0.4, 0.5) is 5.95 Å². The summed E-state index contributed by atoms with van der Waals surface area (Å²) in [6.07, 6.45) is 14.1. The Bertz CT molecular complexity index is 1160. The number of allylic oxidation sites excluding steroid dienone is 3. The van der Waals surface area contributed by atoms with Gasteiger partial charge in [-0.3, -0.25) is 4.79 Å². The maximum absolute atomic E-state index is 13.1. The van der Waals surface area contributed by atoms with Crippen LogP contribution in [0.5, 0.6) is 0 Å². The molecule has 1 aliphatic heterocycles. The predicted molar refractivity (Wildman–Crippen MR) is 140 cm³/mol. The summed E-state index contributed by atoms with van der Waals surface area (Å²) >= 11 is 3.60. The third-order valence-electron chi connectivity index (χ3n) is 7.60. The van der Waals surface area contributed by atoms with Gasteiger partial charge < -0.3 is 14.4 Å². The Hall–Kier alpha value is -2.08. The standard InChI is InChI=1S/C27H35BrN4O/c1-4-9-18(3)30(16-5-2)20-14-15-22-24(17-20)31(19-10-6-7-11-19)27-29-26(33)25-21(28)12-8-13-23(25)32(22)27/h8,12-14,17-19,22H,4-7,9-11,15-16H2,1-3H3. The van der Waals surface area contributed by atoms with E-state index in [-0.39, 0.29) is 11.6 Å². The van der Waals surface area contributed by atoms with E-state index in [0.717, 1.165) is 35.3 Å². The van der Waals surface area contributed by atoms with E-state index in [2.05, 4.69) is 74.3 Å². The summed E-state index contributed by atoms with van der Waals surface area (Å²) in [4.78, 5) is 22.8. The van der Waals surface area contributed by atoms with Gasteiger partial charge in [0.15, 0.2) is 0 Å². The Morgan fingerprint density at radius 2 is 2.00 bits per heavy atom. The van der Waals surface area contributed by atoms with Crippen LogP contribution in [-0.4, -0.2) is 33.1 Å². The molecule has 2 unspecified atom stereocenters. The Morgan fingerprint density at radius 3 is 2.73 bits per heavy atom. The third kappa shape index (κ3) is 3.84. The molecule has 5 rings (SSSR count). The normalized spacial score (nSPS) is 21.1. The number of anilines is 1. The molecule has 2 aromatic rings. The largest absolute Gasteiger partial charge is 0.369 e. The molecule has 2 atom stereocenters. The lowest BCUT2D eigenvalue weighted by Gasteiger charge is -2.36. The van der Waals surface area contributed by atoms with Gasteiger partial charge in [-0.25, -0.2) is 0 Å². The van der Waals surface area contributed by atoms with E-state index in [1.54, 1.807) is 0 Å². The molecule has 5 nitrogen and oxygen atoms in total. The van der Waals surface area contributed by atoms with Gasteiger partial charge in [-0.15, -0.1) is 0 Å². The molecule has 0 saturated heterocycles. The van der Waals surface area contributed by atoms with Crippen LogP contribution in [0, 0.1) is 0 Å². The van der Waals surface area contributed by atoms with E-state index in [4.69, 9.17) is 0 Å². The van der Waals surface area contributed by atoms with Crippen molar-refractivity contribution in [2.45, 2.75) is 90.3 Å². The monoisotopic (exact) mass is 510 g/mol. The van der Waals surface area contributed by atoms with Crippen molar-refractivity contribution in [3.05, 3.63) is 56.6 Å². The lowest BCUT2D eigenvalue weighted by Crippen LogP contribution is -2.36. The molecule has 3 aliphatic rings. The average Bonchev–Trinajstić information content (AvgIpc) is 3.43. The van der Waals surface area contributed by atoms with Gasteiger partial charge >= 0.3 is 0 Å². The zero-order valence-corrected chi connectivity index (χ0v) is 21.6.